The van der Waals surface area contributed by atoms with Gasteiger partial charge in [0, 0.05) is 0 Å². The van der Waals surface area contributed by atoms with E-state index in [4.69, 9.17) is 0 Å². The molecule has 0 radical (unpaired) electrons. The molecule has 0 amide bonds. The monoisotopic (exact) mass is 350 g/mol. The van der Waals surface area contributed by atoms with Crippen LogP contribution in [0.25, 0.3) is 10.2 Å². The molecule has 114 valence electrons. The van der Waals surface area contributed by atoms with Gasteiger partial charge in [0.2, 0.25) is 0 Å². The van der Waals surface area contributed by atoms with E-state index in [-0.39, 0.29) is 4.90 Å². The van der Waals surface area contributed by atoms with E-state index < -0.39 is 10.0 Å². The zero-order valence-corrected chi connectivity index (χ0v) is 14.5. The topological polar surface area (TPSA) is 59.1 Å². The summed E-state index contributed by atoms with van der Waals surface area (Å²) in [6.07, 6.45) is 1.95. The van der Waals surface area contributed by atoms with E-state index in [2.05, 4.69) is 9.71 Å². The zero-order valence-electron chi connectivity index (χ0n) is 12.0. The molecule has 0 saturated heterocycles. The van der Waals surface area contributed by atoms with E-state index in [1.54, 1.807) is 36.0 Å². The smallest absolute Gasteiger partial charge is 0.261 e. The standard InChI is InChI=1S/C15H14N2O2S3/c1-10-5-3-4-6-12(10)17-22(18,19)11-7-8-13-14(9-11)21-15(16-13)20-2/h3-9,17H,1-2H3. The maximum absolute atomic E-state index is 12.5. The molecule has 22 heavy (non-hydrogen) atoms. The zero-order chi connectivity index (χ0) is 15.7. The van der Waals surface area contributed by atoms with Gasteiger partial charge in [-0.1, -0.05) is 30.0 Å². The van der Waals surface area contributed by atoms with E-state index in [0.717, 1.165) is 20.1 Å². The highest BCUT2D eigenvalue weighted by atomic mass is 32.2. The van der Waals surface area contributed by atoms with Crippen molar-refractivity contribution in [1.29, 1.82) is 0 Å². The Morgan fingerprint density at radius 3 is 2.68 bits per heavy atom. The maximum atomic E-state index is 12.5. The summed E-state index contributed by atoms with van der Waals surface area (Å²) in [6.45, 7) is 1.87. The number of thiazole rings is 1. The molecule has 7 heteroatoms. The van der Waals surface area contributed by atoms with E-state index in [0.29, 0.717) is 5.69 Å². The minimum absolute atomic E-state index is 0.250. The predicted molar refractivity (Wildman–Crippen MR) is 93.4 cm³/mol. The second-order valence-electron chi connectivity index (χ2n) is 4.73. The van der Waals surface area contributed by atoms with E-state index in [1.807, 2.05) is 31.4 Å². The highest BCUT2D eigenvalue weighted by Gasteiger charge is 2.16. The number of nitrogens with zero attached hydrogens (tertiary/aromatic N) is 1. The normalized spacial score (nSPS) is 11.7. The number of benzene rings is 2. The Morgan fingerprint density at radius 1 is 1.18 bits per heavy atom. The fourth-order valence-electron chi connectivity index (χ4n) is 2.03. The van der Waals surface area contributed by atoms with Crippen LogP contribution in [0.2, 0.25) is 0 Å². The molecule has 0 fully saturated rings. The van der Waals surface area contributed by atoms with Gasteiger partial charge in [-0.15, -0.1) is 11.3 Å². The Morgan fingerprint density at radius 2 is 1.95 bits per heavy atom. The molecule has 0 bridgehead atoms. The predicted octanol–water partition coefficient (Wildman–Crippen LogP) is 4.13. The molecule has 2 aromatic carbocycles. The van der Waals surface area contributed by atoms with Crippen LogP contribution in [0.15, 0.2) is 51.7 Å². The van der Waals surface area contributed by atoms with Crippen molar-refractivity contribution in [2.24, 2.45) is 0 Å². The summed E-state index contributed by atoms with van der Waals surface area (Å²) in [7, 11) is -3.60. The van der Waals surface area contributed by atoms with Gasteiger partial charge >= 0.3 is 0 Å². The fraction of sp³-hybridized carbons (Fsp3) is 0.133. The number of aromatic nitrogens is 1. The van der Waals surface area contributed by atoms with Gasteiger partial charge in [-0.05, 0) is 43.0 Å². The Hall–Kier alpha value is -1.57. The molecule has 0 aliphatic carbocycles. The molecule has 4 nitrogen and oxygen atoms in total. The molecule has 1 N–H and O–H groups in total. The first kappa shape index (κ1) is 15.3. The second kappa shape index (κ2) is 5.91. The average Bonchev–Trinajstić information content (AvgIpc) is 2.91. The third-order valence-corrected chi connectivity index (χ3v) is 6.58. The van der Waals surface area contributed by atoms with Crippen LogP contribution in [-0.4, -0.2) is 19.7 Å². The van der Waals surface area contributed by atoms with Crippen molar-refractivity contribution in [2.45, 2.75) is 16.2 Å². The van der Waals surface area contributed by atoms with Crippen molar-refractivity contribution in [1.82, 2.24) is 4.98 Å². The third-order valence-electron chi connectivity index (χ3n) is 3.21. The maximum Gasteiger partial charge on any atom is 0.261 e. The minimum atomic E-state index is -3.60. The molecule has 0 saturated carbocycles. The van der Waals surface area contributed by atoms with Crippen LogP contribution in [0.1, 0.15) is 5.56 Å². The Balaban J connectivity index is 2.00. The number of para-hydroxylation sites is 1. The number of anilines is 1. The van der Waals surface area contributed by atoms with Crippen LogP contribution in [0.3, 0.4) is 0 Å². The Labute approximate surface area is 137 Å². The van der Waals surface area contributed by atoms with Crippen molar-refractivity contribution >= 4 is 49.0 Å². The van der Waals surface area contributed by atoms with Crippen molar-refractivity contribution in [3.8, 4) is 0 Å². The molecular weight excluding hydrogens is 336 g/mol. The molecule has 1 heterocycles. The van der Waals surface area contributed by atoms with E-state index >= 15 is 0 Å². The number of hydrogen-bond acceptors (Lipinski definition) is 5. The van der Waals surface area contributed by atoms with E-state index in [9.17, 15) is 8.42 Å². The van der Waals surface area contributed by atoms with Crippen LogP contribution in [0, 0.1) is 6.92 Å². The molecule has 0 atom stereocenters. The summed E-state index contributed by atoms with van der Waals surface area (Å²) in [5, 5.41) is 0. The highest BCUT2D eigenvalue weighted by Crippen LogP contribution is 2.30. The molecule has 0 aliphatic rings. The van der Waals surface area contributed by atoms with Crippen molar-refractivity contribution < 1.29 is 8.42 Å². The molecule has 0 aliphatic heterocycles. The molecule has 1 aromatic heterocycles. The summed E-state index contributed by atoms with van der Waals surface area (Å²) in [4.78, 5) is 4.67. The second-order valence-corrected chi connectivity index (χ2v) is 8.50. The lowest BCUT2D eigenvalue weighted by atomic mass is 10.2. The molecule has 3 rings (SSSR count). The molecule has 0 unspecified atom stereocenters. The number of sulfonamides is 1. The summed E-state index contributed by atoms with van der Waals surface area (Å²) >= 11 is 3.05. The molecule has 3 aromatic rings. The number of thioether (sulfide) groups is 1. The number of aryl methyl sites for hydroxylation is 1. The lowest BCUT2D eigenvalue weighted by Crippen LogP contribution is -2.13. The summed E-state index contributed by atoms with van der Waals surface area (Å²) in [5.41, 5.74) is 2.30. The van der Waals surface area contributed by atoms with Crippen LogP contribution in [0.4, 0.5) is 5.69 Å². The first-order chi connectivity index (χ1) is 10.5. The van der Waals surface area contributed by atoms with Gasteiger partial charge in [0.1, 0.15) is 0 Å². The largest absolute Gasteiger partial charge is 0.279 e. The van der Waals surface area contributed by atoms with Crippen LogP contribution >= 0.6 is 23.1 Å². The number of nitrogens with one attached hydrogen (secondary N) is 1. The quantitative estimate of drug-likeness (QED) is 0.719. The number of rotatable bonds is 4. The Bertz CT molecular complexity index is 933. The van der Waals surface area contributed by atoms with Gasteiger partial charge in [-0.2, -0.15) is 0 Å². The third kappa shape index (κ3) is 2.97. The van der Waals surface area contributed by atoms with Crippen LogP contribution in [-0.2, 0) is 10.0 Å². The summed E-state index contributed by atoms with van der Waals surface area (Å²) in [5.74, 6) is 0. The van der Waals surface area contributed by atoms with Crippen LogP contribution < -0.4 is 4.72 Å². The fourth-order valence-corrected chi connectivity index (χ4v) is 4.79. The van der Waals surface area contributed by atoms with Gasteiger partial charge in [-0.3, -0.25) is 4.72 Å². The van der Waals surface area contributed by atoms with Gasteiger partial charge in [0.15, 0.2) is 4.34 Å². The van der Waals surface area contributed by atoms with Crippen molar-refractivity contribution in [3.05, 3.63) is 48.0 Å². The number of fused-ring (bicyclic) bond motifs is 1. The van der Waals surface area contributed by atoms with Crippen molar-refractivity contribution in [3.63, 3.8) is 0 Å². The average molecular weight is 350 g/mol. The van der Waals surface area contributed by atoms with Crippen LogP contribution in [0.5, 0.6) is 0 Å². The first-order valence-corrected chi connectivity index (χ1v) is 10.0. The van der Waals surface area contributed by atoms with Gasteiger partial charge in [-0.25, -0.2) is 13.4 Å². The van der Waals surface area contributed by atoms with Gasteiger partial charge < -0.3 is 0 Å². The van der Waals surface area contributed by atoms with Crippen molar-refractivity contribution in [2.75, 3.05) is 11.0 Å². The summed E-state index contributed by atoms with van der Waals surface area (Å²) in [6, 6.07) is 12.3. The highest BCUT2D eigenvalue weighted by molar-refractivity contribution is 8.00. The molecule has 0 spiro atoms. The SMILES string of the molecule is CSc1nc2ccc(S(=O)(=O)Nc3ccccc3C)cc2s1. The first-order valence-electron chi connectivity index (χ1n) is 6.52. The summed E-state index contributed by atoms with van der Waals surface area (Å²) < 4.78 is 29.5. The van der Waals surface area contributed by atoms with Gasteiger partial charge in [0.25, 0.3) is 10.0 Å². The Kier molecular flexibility index (Phi) is 4.12. The minimum Gasteiger partial charge on any atom is -0.279 e. The van der Waals surface area contributed by atoms with Gasteiger partial charge in [0.05, 0.1) is 20.8 Å². The van der Waals surface area contributed by atoms with E-state index in [1.165, 1.54) is 11.3 Å². The number of hydrogen-bond donors (Lipinski definition) is 1. The molecular formula is C15H14N2O2S3. The lowest BCUT2D eigenvalue weighted by molar-refractivity contribution is 0.601. The lowest BCUT2D eigenvalue weighted by Gasteiger charge is -2.10.